The average Bonchev–Trinajstić information content (AvgIpc) is 3.78. The summed E-state index contributed by atoms with van der Waals surface area (Å²) in [4.78, 5) is 23.5. The molecule has 0 atom stereocenters. The van der Waals surface area contributed by atoms with Crippen molar-refractivity contribution in [3.05, 3.63) is 108 Å². The second-order valence-electron chi connectivity index (χ2n) is 8.86. The Morgan fingerprint density at radius 2 is 1.39 bits per heavy atom. The first-order chi connectivity index (χ1) is 21.4. The fourth-order valence-corrected chi connectivity index (χ4v) is 6.56. The number of H-pyrrole nitrogens is 1. The Morgan fingerprint density at radius 1 is 0.841 bits per heavy atom. The van der Waals surface area contributed by atoms with Gasteiger partial charge in [-0.1, -0.05) is 10.3 Å². The third-order valence-electron chi connectivity index (χ3n) is 5.94. The van der Waals surface area contributed by atoms with Crippen molar-refractivity contribution in [2.45, 2.75) is 0 Å². The normalized spacial score (nSPS) is 11.4. The maximum atomic E-state index is 11.1. The van der Waals surface area contributed by atoms with Crippen LogP contribution in [0.2, 0.25) is 0 Å². The molecule has 0 aliphatic heterocycles. The van der Waals surface area contributed by atoms with Gasteiger partial charge in [-0.05, 0) is 106 Å². The number of oxime groups is 1. The molecule has 11 nitrogen and oxygen atoms in total. The minimum atomic E-state index is -0.578. The van der Waals surface area contributed by atoms with E-state index in [9.17, 15) is 4.79 Å². The van der Waals surface area contributed by atoms with Crippen LogP contribution in [0.4, 0.5) is 0 Å². The molecule has 0 bridgehead atoms. The molecule has 0 saturated heterocycles. The smallest absolute Gasteiger partial charge is 0.439 e. The number of hydrogen-bond acceptors (Lipinski definition) is 11. The van der Waals surface area contributed by atoms with E-state index in [1.165, 1.54) is 22.7 Å². The first-order valence-electron chi connectivity index (χ1n) is 12.5. The summed E-state index contributed by atoms with van der Waals surface area (Å²) in [6.07, 6.45) is 6.81. The predicted molar refractivity (Wildman–Crippen MR) is 186 cm³/mol. The summed E-state index contributed by atoms with van der Waals surface area (Å²) in [5, 5.41) is 17.3. The van der Waals surface area contributed by atoms with Crippen molar-refractivity contribution >= 4 is 93.9 Å². The highest BCUT2D eigenvalue weighted by Gasteiger charge is 2.14. The minimum absolute atomic E-state index is 0.0800. The summed E-state index contributed by atoms with van der Waals surface area (Å²) in [6.45, 7) is 0. The van der Waals surface area contributed by atoms with Gasteiger partial charge in [-0.25, -0.2) is 4.79 Å². The van der Waals surface area contributed by atoms with Crippen LogP contribution < -0.4 is 21.0 Å². The molecule has 5 aromatic heterocycles. The maximum Gasteiger partial charge on any atom is 0.439 e. The Hall–Kier alpha value is -4.07. The molecule has 15 heteroatoms. The van der Waals surface area contributed by atoms with Crippen molar-refractivity contribution in [1.82, 2.24) is 20.1 Å². The fourth-order valence-electron chi connectivity index (χ4n) is 3.92. The van der Waals surface area contributed by atoms with Crippen molar-refractivity contribution in [2.24, 2.45) is 10.9 Å². The summed E-state index contributed by atoms with van der Waals surface area (Å²) in [6, 6.07) is 19.2. The molecule has 5 heterocycles. The summed E-state index contributed by atoms with van der Waals surface area (Å²) in [5.41, 5.74) is 5.63. The number of fused-ring (bicyclic) bond motifs is 2. The molecule has 0 amide bonds. The monoisotopic (exact) mass is 848 g/mol. The molecule has 7 aromatic rings. The van der Waals surface area contributed by atoms with Crippen LogP contribution in [0.25, 0.3) is 30.9 Å². The van der Waals surface area contributed by atoms with Crippen LogP contribution in [0, 0.1) is 7.14 Å². The number of ether oxygens (including phenoxy) is 2. The number of amidine groups is 1. The molecule has 7 rings (SSSR count). The van der Waals surface area contributed by atoms with E-state index in [4.69, 9.17) is 20.4 Å². The molecule has 0 aliphatic carbocycles. The Morgan fingerprint density at radius 3 is 1.91 bits per heavy atom. The van der Waals surface area contributed by atoms with Crippen LogP contribution in [-0.4, -0.2) is 31.2 Å². The van der Waals surface area contributed by atoms with E-state index >= 15 is 0 Å². The molecule has 220 valence electrons. The van der Waals surface area contributed by atoms with Crippen LogP contribution in [-0.2, 0) is 0 Å². The Labute approximate surface area is 283 Å². The first kappa shape index (κ1) is 30.0. The summed E-state index contributed by atoms with van der Waals surface area (Å²) in [5.74, 6) is 2.67. The Kier molecular flexibility index (Phi) is 9.05. The van der Waals surface area contributed by atoms with Gasteiger partial charge in [0.1, 0.15) is 11.5 Å². The lowest BCUT2D eigenvalue weighted by Gasteiger charge is -2.06. The quantitative estimate of drug-likeness (QED) is 0.0498. The maximum absolute atomic E-state index is 11.1. The van der Waals surface area contributed by atoms with Gasteiger partial charge in [-0.3, -0.25) is 19.5 Å². The number of aromatic nitrogens is 4. The number of hydrogen-bond donors (Lipinski definition) is 3. The average molecular weight is 848 g/mol. The number of benzene rings is 2. The fraction of sp³-hybridized carbons (Fsp3) is 0. The zero-order valence-electron chi connectivity index (χ0n) is 22.1. The lowest BCUT2D eigenvalue weighted by Crippen LogP contribution is -2.10. The van der Waals surface area contributed by atoms with Crippen molar-refractivity contribution in [1.29, 1.82) is 0 Å². The number of thiophene rings is 2. The van der Waals surface area contributed by atoms with Gasteiger partial charge in [0.15, 0.2) is 23.2 Å². The summed E-state index contributed by atoms with van der Waals surface area (Å²) >= 11 is 7.33. The number of halogens is 2. The van der Waals surface area contributed by atoms with Gasteiger partial charge >= 0.3 is 5.76 Å². The molecule has 0 saturated carbocycles. The van der Waals surface area contributed by atoms with Crippen LogP contribution in [0.15, 0.2) is 99.9 Å². The highest BCUT2D eigenvalue weighted by molar-refractivity contribution is 14.1. The van der Waals surface area contributed by atoms with Gasteiger partial charge in [0.2, 0.25) is 0 Å². The Balaban J connectivity index is 0.000000157. The largest absolute Gasteiger partial charge is 0.455 e. The first-order valence-corrected chi connectivity index (χ1v) is 16.3. The molecular weight excluding hydrogens is 830 g/mol. The van der Waals surface area contributed by atoms with Gasteiger partial charge in [0.05, 0.1) is 31.5 Å². The number of nitrogens with zero attached hydrogens (tertiary/aromatic N) is 4. The lowest BCUT2D eigenvalue weighted by molar-refractivity contribution is 0.319. The number of nitrogens with one attached hydrogen (secondary N) is 1. The van der Waals surface area contributed by atoms with Crippen LogP contribution >= 0.6 is 67.9 Å². The van der Waals surface area contributed by atoms with Crippen LogP contribution in [0.5, 0.6) is 23.0 Å². The SMILES string of the molecule is NC(=NO)c1cc2c(Oc3ccc(I)cc3)cncc2s1.O=c1[nH]c(-c2cc3c(Oc4ccc(I)cc4)cncc3s2)no1. The second kappa shape index (κ2) is 13.3. The molecule has 0 unspecified atom stereocenters. The van der Waals surface area contributed by atoms with E-state index in [0.29, 0.717) is 22.2 Å². The highest BCUT2D eigenvalue weighted by Crippen LogP contribution is 2.38. The predicted octanol–water partition coefficient (Wildman–Crippen LogP) is 7.82. The minimum Gasteiger partial charge on any atom is -0.455 e. The molecular formula is C29H18I2N6O5S2. The number of aromatic amines is 1. The molecule has 2 aromatic carbocycles. The Bertz CT molecular complexity index is 2160. The van der Waals surface area contributed by atoms with Crippen molar-refractivity contribution in [3.8, 4) is 33.7 Å². The zero-order valence-corrected chi connectivity index (χ0v) is 28.0. The topological polar surface area (TPSA) is 162 Å². The van der Waals surface area contributed by atoms with Crippen LogP contribution in [0.3, 0.4) is 0 Å². The molecule has 0 radical (unpaired) electrons. The van der Waals surface area contributed by atoms with E-state index in [1.54, 1.807) is 24.8 Å². The van der Waals surface area contributed by atoms with Gasteiger partial charge < -0.3 is 20.4 Å². The lowest BCUT2D eigenvalue weighted by atomic mass is 10.3. The summed E-state index contributed by atoms with van der Waals surface area (Å²) in [7, 11) is 0. The number of rotatable bonds is 6. The highest BCUT2D eigenvalue weighted by atomic mass is 127. The van der Waals surface area contributed by atoms with E-state index in [2.05, 4.69) is 75.0 Å². The molecule has 44 heavy (non-hydrogen) atoms. The van der Waals surface area contributed by atoms with Crippen molar-refractivity contribution in [3.63, 3.8) is 0 Å². The van der Waals surface area contributed by atoms with Crippen molar-refractivity contribution in [2.75, 3.05) is 0 Å². The van der Waals surface area contributed by atoms with Crippen LogP contribution in [0.1, 0.15) is 4.88 Å². The molecule has 4 N–H and O–H groups in total. The molecule has 0 fully saturated rings. The number of nitrogens with two attached hydrogens (primary N) is 1. The van der Waals surface area contributed by atoms with Gasteiger partial charge in [-0.15, -0.1) is 22.7 Å². The third kappa shape index (κ3) is 6.85. The van der Waals surface area contributed by atoms with Gasteiger partial charge in [0.25, 0.3) is 0 Å². The molecule has 0 spiro atoms. The molecule has 0 aliphatic rings. The van der Waals surface area contributed by atoms with E-state index in [0.717, 1.165) is 43.7 Å². The van der Waals surface area contributed by atoms with Crippen molar-refractivity contribution < 1.29 is 19.2 Å². The van der Waals surface area contributed by atoms with Gasteiger partial charge in [-0.2, -0.15) is 0 Å². The summed E-state index contributed by atoms with van der Waals surface area (Å²) < 4.78 is 20.5. The number of pyridine rings is 2. The zero-order chi connectivity index (χ0) is 30.6. The van der Waals surface area contributed by atoms with E-state index in [1.807, 2.05) is 60.7 Å². The van der Waals surface area contributed by atoms with E-state index in [-0.39, 0.29) is 5.84 Å². The van der Waals surface area contributed by atoms with Gasteiger partial charge in [0, 0.05) is 30.3 Å². The second-order valence-corrected chi connectivity index (χ2v) is 13.5. The standard InChI is InChI=1S/C15H8IN3O3S.C14H10IN3O2S/c16-8-1-3-9(4-2-8)21-11-6-17-7-13-10(11)5-12(23-13)14-18-15(20)22-19-14;15-8-1-3-9(4-2-8)20-11-6-17-7-13-10(11)5-12(21-13)14(16)18-19/h1-7H,(H,18,19,20);1-7,19H,(H2,16,18). The van der Waals surface area contributed by atoms with E-state index < -0.39 is 5.76 Å². The third-order valence-corrected chi connectivity index (χ3v) is 9.54.